The van der Waals surface area contributed by atoms with Crippen molar-refractivity contribution in [3.8, 4) is 6.07 Å². The van der Waals surface area contributed by atoms with Gasteiger partial charge in [-0.05, 0) is 43.2 Å². The van der Waals surface area contributed by atoms with Crippen molar-refractivity contribution in [2.24, 2.45) is 13.0 Å². The molecule has 0 saturated heterocycles. The predicted molar refractivity (Wildman–Crippen MR) is 85.7 cm³/mol. The minimum absolute atomic E-state index is 0.165. The standard InChI is InChI=1S/C17H24N4O2/c1-20-9-13(4-16(20)7-18)8-19-14-5-15(6-14)21(11-17(22)23)10-12-2-3-12/h4,9,12,14-15,19H,2-3,5-6,8,10-11H2,1H3,(H,22,23). The quantitative estimate of drug-likeness (QED) is 0.756. The minimum Gasteiger partial charge on any atom is -0.480 e. The summed E-state index contributed by atoms with van der Waals surface area (Å²) in [6.45, 7) is 1.86. The molecule has 0 amide bonds. The zero-order valence-electron chi connectivity index (χ0n) is 13.5. The van der Waals surface area contributed by atoms with E-state index in [0.29, 0.717) is 17.8 Å². The summed E-state index contributed by atoms with van der Waals surface area (Å²) in [6.07, 6.45) is 6.50. The van der Waals surface area contributed by atoms with Gasteiger partial charge in [0, 0.05) is 38.4 Å². The Labute approximate surface area is 136 Å². The van der Waals surface area contributed by atoms with Crippen LogP contribution in [-0.4, -0.2) is 45.7 Å². The van der Waals surface area contributed by atoms with Gasteiger partial charge in [0.25, 0.3) is 0 Å². The Bertz CT molecular complexity index is 609. The van der Waals surface area contributed by atoms with Crippen LogP contribution in [0, 0.1) is 17.2 Å². The molecule has 0 atom stereocenters. The van der Waals surface area contributed by atoms with E-state index < -0.39 is 5.97 Å². The summed E-state index contributed by atoms with van der Waals surface area (Å²) < 4.78 is 1.84. The molecule has 124 valence electrons. The number of carbonyl (C=O) groups is 1. The lowest BCUT2D eigenvalue weighted by atomic mass is 9.85. The first-order valence-electron chi connectivity index (χ1n) is 8.29. The Kier molecular flexibility index (Phi) is 4.69. The fourth-order valence-electron chi connectivity index (χ4n) is 3.30. The molecule has 0 bridgehead atoms. The lowest BCUT2D eigenvalue weighted by Crippen LogP contribution is -2.54. The van der Waals surface area contributed by atoms with Crippen molar-refractivity contribution in [1.82, 2.24) is 14.8 Å². The summed E-state index contributed by atoms with van der Waals surface area (Å²) in [4.78, 5) is 13.2. The maximum absolute atomic E-state index is 11.0. The van der Waals surface area contributed by atoms with Crippen LogP contribution in [0.15, 0.2) is 12.3 Å². The lowest BCUT2D eigenvalue weighted by molar-refractivity contribution is -0.139. The van der Waals surface area contributed by atoms with Crippen LogP contribution in [0.25, 0.3) is 0 Å². The number of nitriles is 1. The molecule has 0 aliphatic heterocycles. The van der Waals surface area contributed by atoms with Crippen molar-refractivity contribution in [3.05, 3.63) is 23.5 Å². The largest absolute Gasteiger partial charge is 0.480 e. The fraction of sp³-hybridized carbons (Fsp3) is 0.647. The first-order chi connectivity index (χ1) is 11.0. The monoisotopic (exact) mass is 316 g/mol. The topological polar surface area (TPSA) is 81.3 Å². The number of nitrogens with one attached hydrogen (secondary N) is 1. The number of carboxylic acid groups (broad SMARTS) is 1. The summed E-state index contributed by atoms with van der Waals surface area (Å²) in [5, 5.41) is 21.5. The summed E-state index contributed by atoms with van der Waals surface area (Å²) in [7, 11) is 1.88. The molecule has 3 rings (SSSR count). The van der Waals surface area contributed by atoms with Crippen LogP contribution in [0.2, 0.25) is 0 Å². The van der Waals surface area contributed by atoms with Gasteiger partial charge < -0.3 is 15.0 Å². The second kappa shape index (κ2) is 6.73. The molecular formula is C17H24N4O2. The molecule has 6 heteroatoms. The first-order valence-corrected chi connectivity index (χ1v) is 8.29. The van der Waals surface area contributed by atoms with E-state index in [1.54, 1.807) is 0 Å². The van der Waals surface area contributed by atoms with E-state index in [0.717, 1.165) is 37.4 Å². The van der Waals surface area contributed by atoms with E-state index >= 15 is 0 Å². The van der Waals surface area contributed by atoms with Gasteiger partial charge in [-0.3, -0.25) is 9.69 Å². The Morgan fingerprint density at radius 3 is 2.83 bits per heavy atom. The number of nitrogens with zero attached hydrogens (tertiary/aromatic N) is 3. The van der Waals surface area contributed by atoms with Gasteiger partial charge >= 0.3 is 5.97 Å². The van der Waals surface area contributed by atoms with Gasteiger partial charge in [-0.2, -0.15) is 5.26 Å². The Hall–Kier alpha value is -1.84. The Morgan fingerprint density at radius 1 is 1.52 bits per heavy atom. The number of hydrogen-bond acceptors (Lipinski definition) is 4. The molecule has 2 fully saturated rings. The third-order valence-electron chi connectivity index (χ3n) is 4.93. The maximum atomic E-state index is 11.0. The molecule has 2 aliphatic rings. The molecule has 1 aromatic heterocycles. The van der Waals surface area contributed by atoms with Crippen molar-refractivity contribution in [2.45, 2.75) is 44.3 Å². The maximum Gasteiger partial charge on any atom is 0.317 e. The van der Waals surface area contributed by atoms with E-state index in [-0.39, 0.29) is 6.54 Å². The average Bonchev–Trinajstić information content (AvgIpc) is 3.18. The number of carboxylic acids is 1. The molecule has 0 radical (unpaired) electrons. The summed E-state index contributed by atoms with van der Waals surface area (Å²) in [6, 6.07) is 4.92. The highest BCUT2D eigenvalue weighted by molar-refractivity contribution is 5.69. The molecule has 1 aromatic rings. The smallest absolute Gasteiger partial charge is 0.317 e. The van der Waals surface area contributed by atoms with E-state index in [1.165, 1.54) is 12.8 Å². The van der Waals surface area contributed by atoms with E-state index in [2.05, 4.69) is 16.3 Å². The van der Waals surface area contributed by atoms with Crippen molar-refractivity contribution < 1.29 is 9.90 Å². The number of aryl methyl sites for hydroxylation is 1. The van der Waals surface area contributed by atoms with Crippen LogP contribution in [0.1, 0.15) is 36.9 Å². The number of rotatable bonds is 8. The molecule has 0 unspecified atom stereocenters. The third kappa shape index (κ3) is 4.12. The summed E-state index contributed by atoms with van der Waals surface area (Å²) in [5.74, 6) is -0.00883. The van der Waals surface area contributed by atoms with Crippen LogP contribution in [-0.2, 0) is 18.4 Å². The molecule has 1 heterocycles. The van der Waals surface area contributed by atoms with E-state index in [4.69, 9.17) is 10.4 Å². The van der Waals surface area contributed by atoms with Crippen LogP contribution < -0.4 is 5.32 Å². The highest BCUT2D eigenvalue weighted by atomic mass is 16.4. The Morgan fingerprint density at radius 2 is 2.26 bits per heavy atom. The van der Waals surface area contributed by atoms with Crippen LogP contribution in [0.5, 0.6) is 0 Å². The number of aliphatic carboxylic acids is 1. The van der Waals surface area contributed by atoms with Gasteiger partial charge in [0.15, 0.2) is 0 Å². The van der Waals surface area contributed by atoms with Crippen LogP contribution >= 0.6 is 0 Å². The second-order valence-corrected chi connectivity index (χ2v) is 6.93. The van der Waals surface area contributed by atoms with Gasteiger partial charge in [-0.25, -0.2) is 0 Å². The van der Waals surface area contributed by atoms with Crippen molar-refractivity contribution in [2.75, 3.05) is 13.1 Å². The summed E-state index contributed by atoms with van der Waals surface area (Å²) in [5.41, 5.74) is 1.79. The molecule has 6 nitrogen and oxygen atoms in total. The highest BCUT2D eigenvalue weighted by Gasteiger charge is 2.36. The van der Waals surface area contributed by atoms with Gasteiger partial charge in [0.05, 0.1) is 6.54 Å². The second-order valence-electron chi connectivity index (χ2n) is 6.93. The van der Waals surface area contributed by atoms with Gasteiger partial charge in [-0.1, -0.05) is 0 Å². The van der Waals surface area contributed by atoms with Gasteiger partial charge in [-0.15, -0.1) is 0 Å². The zero-order chi connectivity index (χ0) is 16.4. The molecule has 0 spiro atoms. The lowest BCUT2D eigenvalue weighted by Gasteiger charge is -2.43. The van der Waals surface area contributed by atoms with Gasteiger partial charge in [0.2, 0.25) is 0 Å². The molecule has 0 aromatic carbocycles. The van der Waals surface area contributed by atoms with E-state index in [1.807, 2.05) is 23.9 Å². The van der Waals surface area contributed by atoms with Crippen LogP contribution in [0.4, 0.5) is 0 Å². The molecule has 2 saturated carbocycles. The third-order valence-corrected chi connectivity index (χ3v) is 4.93. The van der Waals surface area contributed by atoms with E-state index in [9.17, 15) is 4.79 Å². The van der Waals surface area contributed by atoms with Crippen molar-refractivity contribution in [3.63, 3.8) is 0 Å². The zero-order valence-corrected chi connectivity index (χ0v) is 13.5. The predicted octanol–water partition coefficient (Wildman–Crippen LogP) is 1.31. The molecule has 2 N–H and O–H groups in total. The molecular weight excluding hydrogens is 292 g/mol. The minimum atomic E-state index is -0.727. The number of hydrogen-bond donors (Lipinski definition) is 2. The normalized spacial score (nSPS) is 23.5. The fourth-order valence-corrected chi connectivity index (χ4v) is 3.30. The molecule has 23 heavy (non-hydrogen) atoms. The Balaban J connectivity index is 1.44. The molecule has 2 aliphatic carbocycles. The average molecular weight is 316 g/mol. The highest BCUT2D eigenvalue weighted by Crippen LogP contribution is 2.33. The van der Waals surface area contributed by atoms with Crippen molar-refractivity contribution in [1.29, 1.82) is 5.26 Å². The van der Waals surface area contributed by atoms with Crippen molar-refractivity contribution >= 4 is 5.97 Å². The number of aromatic nitrogens is 1. The SMILES string of the molecule is Cn1cc(CNC2CC(N(CC(=O)O)CC3CC3)C2)cc1C#N. The van der Waals surface area contributed by atoms with Crippen LogP contribution in [0.3, 0.4) is 0 Å². The van der Waals surface area contributed by atoms with Gasteiger partial charge in [0.1, 0.15) is 11.8 Å². The first kappa shape index (κ1) is 16.0. The summed E-state index contributed by atoms with van der Waals surface area (Å²) >= 11 is 0.